The average molecular weight is 544 g/mol. The zero-order chi connectivity index (χ0) is 27.0. The van der Waals surface area contributed by atoms with Gasteiger partial charge in [-0.3, -0.25) is 23.9 Å². The third-order valence-corrected chi connectivity index (χ3v) is 8.57. The summed E-state index contributed by atoms with van der Waals surface area (Å²) in [6.07, 6.45) is 1.81. The van der Waals surface area contributed by atoms with E-state index >= 15 is 0 Å². The topological polar surface area (TPSA) is 140 Å². The van der Waals surface area contributed by atoms with Crippen molar-refractivity contribution in [1.29, 1.82) is 0 Å². The number of hydrogen-bond donors (Lipinski definition) is 2. The van der Waals surface area contributed by atoms with Gasteiger partial charge in [-0.05, 0) is 55.9 Å². The molecule has 3 heterocycles. The van der Waals surface area contributed by atoms with Crippen LogP contribution in [0.1, 0.15) is 53.1 Å². The van der Waals surface area contributed by atoms with E-state index < -0.39 is 28.0 Å². The summed E-state index contributed by atoms with van der Waals surface area (Å²) in [7, 11) is -2.66. The molecule has 3 aliphatic rings. The quantitative estimate of drug-likeness (QED) is 0.413. The number of rotatable bonds is 6. The molecule has 0 radical (unpaired) electrons. The van der Waals surface area contributed by atoms with Gasteiger partial charge in [0, 0.05) is 19.5 Å². The number of imide groups is 1. The van der Waals surface area contributed by atoms with Gasteiger partial charge >= 0.3 is 0 Å². The molecule has 5 rings (SSSR count). The molecule has 3 amide bonds. The van der Waals surface area contributed by atoms with E-state index in [1.165, 1.54) is 7.11 Å². The summed E-state index contributed by atoms with van der Waals surface area (Å²) >= 11 is 0. The summed E-state index contributed by atoms with van der Waals surface area (Å²) < 4.78 is 41.2. The van der Waals surface area contributed by atoms with E-state index in [2.05, 4.69) is 15.5 Å². The minimum Gasteiger partial charge on any atom is -0.453 e. The van der Waals surface area contributed by atoms with Gasteiger partial charge in [-0.15, -0.1) is 0 Å². The largest absolute Gasteiger partial charge is 0.453 e. The lowest BCUT2D eigenvalue weighted by Crippen LogP contribution is -2.52. The van der Waals surface area contributed by atoms with E-state index in [-0.39, 0.29) is 41.9 Å². The molecule has 1 atom stereocenters. The van der Waals surface area contributed by atoms with E-state index in [1.54, 1.807) is 24.3 Å². The van der Waals surface area contributed by atoms with Crippen molar-refractivity contribution in [2.24, 2.45) is 0 Å². The Labute approximate surface area is 220 Å². The smallest absolute Gasteiger partial charge is 0.296 e. The first-order valence-electron chi connectivity index (χ1n) is 12.4. The Morgan fingerprint density at radius 2 is 1.82 bits per heavy atom. The summed E-state index contributed by atoms with van der Waals surface area (Å²) in [6.45, 7) is 3.18. The molecule has 2 aromatic rings. The lowest BCUT2D eigenvalue weighted by atomic mass is 9.88. The monoisotopic (exact) mass is 543 g/mol. The number of ether oxygens (including phenoxy) is 2. The molecule has 202 valence electrons. The van der Waals surface area contributed by atoms with Crippen molar-refractivity contribution in [3.8, 4) is 11.5 Å². The second kappa shape index (κ2) is 10.3. The predicted molar refractivity (Wildman–Crippen MR) is 136 cm³/mol. The lowest BCUT2D eigenvalue weighted by molar-refractivity contribution is -0.134. The summed E-state index contributed by atoms with van der Waals surface area (Å²) in [5.41, 5.74) is 2.77. The molecule has 0 bridgehead atoms. The number of benzene rings is 2. The van der Waals surface area contributed by atoms with Crippen LogP contribution in [0.3, 0.4) is 0 Å². The molecular formula is C26H29N3O8S. The van der Waals surface area contributed by atoms with Crippen LogP contribution in [0.2, 0.25) is 0 Å². The maximum Gasteiger partial charge on any atom is 0.296 e. The Hall–Kier alpha value is -3.64. The molecule has 3 aliphatic heterocycles. The number of aryl methyl sites for hydroxylation is 1. The Morgan fingerprint density at radius 1 is 1.08 bits per heavy atom. The van der Waals surface area contributed by atoms with Crippen LogP contribution in [0, 0.1) is 6.92 Å². The number of nitrogens with one attached hydrogen (secondary N) is 2. The number of nitrogens with zero attached hydrogens (tertiary/aromatic N) is 1. The SMILES string of the molecule is COS(=O)(=O)c1ccc(C)cc1C1CCN(c2ccc(C(=O)NC3CCC(=O)NC3=O)c3c2OCO3)CC1. The van der Waals surface area contributed by atoms with E-state index in [9.17, 15) is 22.8 Å². The van der Waals surface area contributed by atoms with Crippen molar-refractivity contribution in [3.05, 3.63) is 47.0 Å². The van der Waals surface area contributed by atoms with Crippen molar-refractivity contribution in [1.82, 2.24) is 10.6 Å². The molecule has 2 saturated heterocycles. The standard InChI is InChI=1S/C26H29N3O8S/c1-15-3-7-21(38(33,34)35-2)18(13-15)16-9-11-29(12-10-16)20-6-4-17(23-24(20)37-14-36-23)25(31)27-19-5-8-22(30)28-26(19)32/h3-4,6-7,13,16,19H,5,8-12,14H2,1-2H3,(H,27,31)(H,28,30,32). The van der Waals surface area contributed by atoms with Gasteiger partial charge in [-0.25, -0.2) is 0 Å². The fourth-order valence-electron chi connectivity index (χ4n) is 5.21. The first-order valence-corrected chi connectivity index (χ1v) is 13.8. The number of anilines is 1. The molecule has 1 unspecified atom stereocenters. The van der Waals surface area contributed by atoms with Gasteiger partial charge in [-0.2, -0.15) is 8.42 Å². The fourth-order valence-corrected chi connectivity index (χ4v) is 6.14. The zero-order valence-electron chi connectivity index (χ0n) is 21.1. The zero-order valence-corrected chi connectivity index (χ0v) is 21.9. The van der Waals surface area contributed by atoms with Gasteiger partial charge in [-0.1, -0.05) is 17.7 Å². The third kappa shape index (κ3) is 4.93. The third-order valence-electron chi connectivity index (χ3n) is 7.22. The van der Waals surface area contributed by atoms with Crippen molar-refractivity contribution in [2.75, 3.05) is 31.9 Å². The number of amides is 3. The van der Waals surface area contributed by atoms with Gasteiger partial charge in [0.1, 0.15) is 6.04 Å². The molecule has 2 N–H and O–H groups in total. The van der Waals surface area contributed by atoms with Gasteiger partial charge in [0.15, 0.2) is 11.5 Å². The molecule has 11 nitrogen and oxygen atoms in total. The molecule has 0 saturated carbocycles. The molecule has 0 aliphatic carbocycles. The number of fused-ring (bicyclic) bond motifs is 1. The predicted octanol–water partition coefficient (Wildman–Crippen LogP) is 1.98. The van der Waals surface area contributed by atoms with Crippen molar-refractivity contribution in [3.63, 3.8) is 0 Å². The summed E-state index contributed by atoms with van der Waals surface area (Å²) in [5.74, 6) is -0.574. The Morgan fingerprint density at radius 3 is 2.53 bits per heavy atom. The molecule has 12 heteroatoms. The molecular weight excluding hydrogens is 514 g/mol. The van der Waals surface area contributed by atoms with Gasteiger partial charge in [0.05, 0.1) is 23.3 Å². The second-order valence-electron chi connectivity index (χ2n) is 9.60. The highest BCUT2D eigenvalue weighted by molar-refractivity contribution is 7.86. The molecule has 38 heavy (non-hydrogen) atoms. The van der Waals surface area contributed by atoms with Gasteiger partial charge in [0.25, 0.3) is 16.0 Å². The Kier molecular flexibility index (Phi) is 7.01. The van der Waals surface area contributed by atoms with Crippen LogP contribution >= 0.6 is 0 Å². The Balaban J connectivity index is 1.32. The van der Waals surface area contributed by atoms with Gasteiger partial charge < -0.3 is 19.7 Å². The van der Waals surface area contributed by atoms with Crippen LogP contribution in [0.25, 0.3) is 0 Å². The fraction of sp³-hybridized carbons (Fsp3) is 0.423. The lowest BCUT2D eigenvalue weighted by Gasteiger charge is -2.35. The van der Waals surface area contributed by atoms with Crippen LogP contribution < -0.4 is 25.0 Å². The number of carbonyl (C=O) groups excluding carboxylic acids is 3. The molecule has 0 spiro atoms. The maximum absolute atomic E-state index is 13.0. The normalized spacial score (nSPS) is 19.8. The van der Waals surface area contributed by atoms with Crippen molar-refractivity contribution >= 4 is 33.5 Å². The van der Waals surface area contributed by atoms with Crippen LogP contribution in [0.15, 0.2) is 35.2 Å². The minimum atomic E-state index is -3.83. The first kappa shape index (κ1) is 26.0. The summed E-state index contributed by atoms with van der Waals surface area (Å²) in [4.78, 5) is 38.7. The van der Waals surface area contributed by atoms with E-state index in [1.807, 2.05) is 13.0 Å². The van der Waals surface area contributed by atoms with E-state index in [4.69, 9.17) is 13.7 Å². The van der Waals surface area contributed by atoms with Gasteiger partial charge in [0.2, 0.25) is 18.6 Å². The van der Waals surface area contributed by atoms with E-state index in [0.717, 1.165) is 16.8 Å². The molecule has 2 aromatic carbocycles. The highest BCUT2D eigenvalue weighted by Crippen LogP contribution is 2.45. The van der Waals surface area contributed by atoms with Crippen LogP contribution in [0.4, 0.5) is 5.69 Å². The number of carbonyl (C=O) groups is 3. The van der Waals surface area contributed by atoms with E-state index in [0.29, 0.717) is 37.4 Å². The van der Waals surface area contributed by atoms with Crippen LogP contribution in [0.5, 0.6) is 11.5 Å². The average Bonchev–Trinajstić information content (AvgIpc) is 3.40. The number of piperidine rings is 2. The van der Waals surface area contributed by atoms with Crippen molar-refractivity contribution < 1.29 is 36.5 Å². The summed E-state index contributed by atoms with van der Waals surface area (Å²) in [6, 6.07) is 7.91. The maximum atomic E-state index is 13.0. The Bertz CT molecular complexity index is 1400. The molecule has 2 fully saturated rings. The molecule has 0 aromatic heterocycles. The highest BCUT2D eigenvalue weighted by atomic mass is 32.2. The van der Waals surface area contributed by atoms with Crippen LogP contribution in [-0.4, -0.2) is 59.2 Å². The second-order valence-corrected chi connectivity index (χ2v) is 11.3. The highest BCUT2D eigenvalue weighted by Gasteiger charge is 2.33. The number of hydrogen-bond acceptors (Lipinski definition) is 9. The van der Waals surface area contributed by atoms with Crippen molar-refractivity contribution in [2.45, 2.75) is 49.5 Å². The minimum absolute atomic E-state index is 0.0369. The van der Waals surface area contributed by atoms with Crippen LogP contribution in [-0.2, 0) is 23.9 Å². The summed E-state index contributed by atoms with van der Waals surface area (Å²) in [5, 5.41) is 4.90. The first-order chi connectivity index (χ1) is 18.2.